The molecule has 27 heavy (non-hydrogen) atoms. The van der Waals surface area contributed by atoms with Gasteiger partial charge in [0.2, 0.25) is 0 Å². The third-order valence-electron chi connectivity index (χ3n) is 6.06. The van der Waals surface area contributed by atoms with Gasteiger partial charge in [0, 0.05) is 12.3 Å². The molecule has 2 rings (SSSR count). The first kappa shape index (κ1) is 22.3. The molecule has 1 saturated heterocycles. The third-order valence-corrected chi connectivity index (χ3v) is 6.06. The molecule has 0 aromatic heterocycles. The maximum absolute atomic E-state index is 10.7. The second-order valence-corrected chi connectivity index (χ2v) is 8.44. The Hall–Kier alpha value is -0.950. The van der Waals surface area contributed by atoms with Crippen molar-refractivity contribution in [2.45, 2.75) is 102 Å². The molecule has 0 bridgehead atoms. The number of epoxide rings is 1. The zero-order chi connectivity index (χ0) is 20.0. The number of aliphatic hydroxyl groups excluding tert-OH is 2. The highest BCUT2D eigenvalue weighted by atomic mass is 16.6. The molecule has 1 unspecified atom stereocenters. The molecule has 0 radical (unpaired) electrons. The number of carbonyl (C=O) groups is 1. The predicted molar refractivity (Wildman–Crippen MR) is 102 cm³/mol. The van der Waals surface area contributed by atoms with E-state index in [9.17, 15) is 20.1 Å². The number of hydrogen-bond acceptors (Lipinski definition) is 5. The molecule has 7 atom stereocenters. The molecule has 0 amide bonds. The Balaban J connectivity index is 1.87. The molecule has 6 nitrogen and oxygen atoms in total. The van der Waals surface area contributed by atoms with Crippen molar-refractivity contribution in [3.8, 4) is 0 Å². The number of hydrogen-bond donors (Lipinski definition) is 4. The van der Waals surface area contributed by atoms with E-state index in [1.807, 2.05) is 19.1 Å². The lowest BCUT2D eigenvalue weighted by atomic mass is 9.82. The largest absolute Gasteiger partial charge is 0.481 e. The number of allylic oxidation sites excluding steroid dienone is 2. The smallest absolute Gasteiger partial charge is 0.303 e. The van der Waals surface area contributed by atoms with Crippen LogP contribution in [0.3, 0.4) is 0 Å². The van der Waals surface area contributed by atoms with Crippen molar-refractivity contribution in [1.82, 2.24) is 0 Å². The Kier molecular flexibility index (Phi) is 8.28. The Morgan fingerprint density at radius 1 is 1.19 bits per heavy atom. The standard InChI is InChI=1S/C21H36O6/c1-3-4-9-12-21(2,26)20-19(27-20)18-14(15(22)13-16(18)23)10-7-5-6-8-11-17(24)25/h5,7,14-16,18-20,22-23,26H,3-4,6,8-13H2,1-2H3,(H,24,25)/b7-5-/t14-,15-,16+,18+,19-,20?,21-/m0/s1. The van der Waals surface area contributed by atoms with E-state index < -0.39 is 23.8 Å². The Morgan fingerprint density at radius 2 is 1.93 bits per heavy atom. The molecule has 0 aromatic carbocycles. The van der Waals surface area contributed by atoms with Crippen molar-refractivity contribution < 1.29 is 30.0 Å². The third kappa shape index (κ3) is 6.28. The molecule has 0 aromatic rings. The van der Waals surface area contributed by atoms with E-state index in [0.29, 0.717) is 32.1 Å². The summed E-state index contributed by atoms with van der Waals surface area (Å²) in [5, 5.41) is 40.2. The Bertz CT molecular complexity index is 503. The highest BCUT2D eigenvalue weighted by Gasteiger charge is 2.60. The van der Waals surface area contributed by atoms with Gasteiger partial charge in [0.1, 0.15) is 6.10 Å². The maximum Gasteiger partial charge on any atom is 0.303 e. The molecule has 6 heteroatoms. The summed E-state index contributed by atoms with van der Waals surface area (Å²) in [4.78, 5) is 10.5. The number of ether oxygens (including phenoxy) is 1. The van der Waals surface area contributed by atoms with E-state index in [4.69, 9.17) is 9.84 Å². The molecule has 2 aliphatic rings. The maximum atomic E-state index is 10.7. The van der Waals surface area contributed by atoms with Gasteiger partial charge < -0.3 is 25.2 Å². The van der Waals surface area contributed by atoms with Crippen molar-refractivity contribution >= 4 is 5.97 Å². The number of rotatable bonds is 12. The first-order valence-corrected chi connectivity index (χ1v) is 10.4. The molecule has 1 saturated carbocycles. The van der Waals surface area contributed by atoms with E-state index in [0.717, 1.165) is 19.3 Å². The SMILES string of the molecule is CCCCC[C@](C)(O)C1O[C@H]1[C@@H]1[C@@H](C/C=C\CCCC(=O)O)[C@@H](O)C[C@H]1O. The topological polar surface area (TPSA) is 111 Å². The van der Waals surface area contributed by atoms with Gasteiger partial charge in [0.05, 0.1) is 23.9 Å². The summed E-state index contributed by atoms with van der Waals surface area (Å²) in [6.45, 7) is 3.93. The van der Waals surface area contributed by atoms with Crippen LogP contribution in [0.1, 0.15) is 71.6 Å². The molecule has 2 fully saturated rings. The lowest BCUT2D eigenvalue weighted by Gasteiger charge is -2.24. The first-order chi connectivity index (χ1) is 12.8. The minimum absolute atomic E-state index is 0.0998. The van der Waals surface area contributed by atoms with Gasteiger partial charge in [-0.05, 0) is 44.9 Å². The number of aliphatic hydroxyl groups is 3. The van der Waals surface area contributed by atoms with Gasteiger partial charge in [-0.2, -0.15) is 0 Å². The van der Waals surface area contributed by atoms with E-state index in [1.165, 1.54) is 0 Å². The quantitative estimate of drug-likeness (QED) is 0.234. The predicted octanol–water partition coefficient (Wildman–Crippen LogP) is 2.64. The number of aliphatic carboxylic acids is 1. The Morgan fingerprint density at radius 3 is 2.59 bits per heavy atom. The van der Waals surface area contributed by atoms with Gasteiger partial charge >= 0.3 is 5.97 Å². The molecule has 4 N–H and O–H groups in total. The van der Waals surface area contributed by atoms with Crippen LogP contribution in [0.25, 0.3) is 0 Å². The van der Waals surface area contributed by atoms with E-state index in [1.54, 1.807) is 0 Å². The molecule has 156 valence electrons. The lowest BCUT2D eigenvalue weighted by molar-refractivity contribution is -0.137. The number of unbranched alkanes of at least 4 members (excludes halogenated alkanes) is 3. The van der Waals surface area contributed by atoms with Gasteiger partial charge in [-0.3, -0.25) is 4.79 Å². The van der Waals surface area contributed by atoms with Gasteiger partial charge in [-0.25, -0.2) is 0 Å². The average molecular weight is 385 g/mol. The highest BCUT2D eigenvalue weighted by molar-refractivity contribution is 5.66. The van der Waals surface area contributed by atoms with Gasteiger partial charge in [-0.15, -0.1) is 0 Å². The minimum atomic E-state index is -0.898. The van der Waals surface area contributed by atoms with Crippen LogP contribution in [0.5, 0.6) is 0 Å². The van der Waals surface area contributed by atoms with Crippen molar-refractivity contribution in [3.63, 3.8) is 0 Å². The van der Waals surface area contributed by atoms with E-state index in [2.05, 4.69) is 6.92 Å². The van der Waals surface area contributed by atoms with Crippen molar-refractivity contribution in [2.24, 2.45) is 11.8 Å². The van der Waals surface area contributed by atoms with Crippen LogP contribution < -0.4 is 0 Å². The minimum Gasteiger partial charge on any atom is -0.481 e. The zero-order valence-electron chi connectivity index (χ0n) is 16.6. The highest BCUT2D eigenvalue weighted by Crippen LogP contribution is 2.48. The van der Waals surface area contributed by atoms with Gasteiger partial charge in [0.25, 0.3) is 0 Å². The molecule has 0 spiro atoms. The fourth-order valence-corrected chi connectivity index (χ4v) is 4.43. The number of carboxylic acids is 1. The van der Waals surface area contributed by atoms with Crippen LogP contribution in [0.4, 0.5) is 0 Å². The molecule has 1 heterocycles. The van der Waals surface area contributed by atoms with Crippen molar-refractivity contribution in [3.05, 3.63) is 12.2 Å². The molecule has 1 aliphatic heterocycles. The fourth-order valence-electron chi connectivity index (χ4n) is 4.43. The lowest BCUT2D eigenvalue weighted by Crippen LogP contribution is -2.37. The normalized spacial score (nSPS) is 35.4. The second kappa shape index (κ2) is 10.0. The van der Waals surface area contributed by atoms with Crippen molar-refractivity contribution in [1.29, 1.82) is 0 Å². The average Bonchev–Trinajstić information content (AvgIpc) is 3.32. The molecular formula is C21H36O6. The van der Waals surface area contributed by atoms with Gasteiger partial charge in [-0.1, -0.05) is 38.3 Å². The fraction of sp³-hybridized carbons (Fsp3) is 0.857. The summed E-state index contributed by atoms with van der Waals surface area (Å²) in [6, 6.07) is 0. The summed E-state index contributed by atoms with van der Waals surface area (Å²) in [7, 11) is 0. The van der Waals surface area contributed by atoms with Gasteiger partial charge in [0.15, 0.2) is 0 Å². The van der Waals surface area contributed by atoms with Crippen LogP contribution in [-0.2, 0) is 9.53 Å². The van der Waals surface area contributed by atoms with Crippen LogP contribution >= 0.6 is 0 Å². The summed E-state index contributed by atoms with van der Waals surface area (Å²) in [5.41, 5.74) is -0.898. The monoisotopic (exact) mass is 384 g/mol. The van der Waals surface area contributed by atoms with Crippen LogP contribution in [0, 0.1) is 11.8 Å². The Labute approximate surface area is 162 Å². The van der Waals surface area contributed by atoms with Crippen LogP contribution in [0.2, 0.25) is 0 Å². The van der Waals surface area contributed by atoms with Crippen LogP contribution in [0.15, 0.2) is 12.2 Å². The van der Waals surface area contributed by atoms with E-state index in [-0.39, 0.29) is 30.5 Å². The summed E-state index contributed by atoms with van der Waals surface area (Å²) in [5.74, 6) is -1.07. The van der Waals surface area contributed by atoms with Crippen LogP contribution in [-0.4, -0.2) is 56.4 Å². The first-order valence-electron chi connectivity index (χ1n) is 10.4. The zero-order valence-corrected chi connectivity index (χ0v) is 16.6. The van der Waals surface area contributed by atoms with Crippen molar-refractivity contribution in [2.75, 3.05) is 0 Å². The van der Waals surface area contributed by atoms with E-state index >= 15 is 0 Å². The molecular weight excluding hydrogens is 348 g/mol. The summed E-state index contributed by atoms with van der Waals surface area (Å²) in [6.07, 6.45) is 8.45. The number of carboxylic acid groups (broad SMARTS) is 1. The second-order valence-electron chi connectivity index (χ2n) is 8.44. The summed E-state index contributed by atoms with van der Waals surface area (Å²) < 4.78 is 5.81. The molecule has 1 aliphatic carbocycles. The summed E-state index contributed by atoms with van der Waals surface area (Å²) >= 11 is 0.